The van der Waals surface area contributed by atoms with Gasteiger partial charge >= 0.3 is 0 Å². The number of morpholine rings is 1. The lowest BCUT2D eigenvalue weighted by atomic mass is 10.0. The maximum Gasteiger partial charge on any atom is 0.252 e. The van der Waals surface area contributed by atoms with Gasteiger partial charge in [0.25, 0.3) is 5.91 Å². The van der Waals surface area contributed by atoms with Crippen LogP contribution < -0.4 is 5.32 Å². The maximum absolute atomic E-state index is 12.1. The van der Waals surface area contributed by atoms with Crippen molar-refractivity contribution in [3.63, 3.8) is 0 Å². The largest absolute Gasteiger partial charge is 0.379 e. The first-order valence-electron chi connectivity index (χ1n) is 7.20. The molecule has 0 spiro atoms. The molecular formula is C15H23N3O2. The third kappa shape index (κ3) is 4.28. The van der Waals surface area contributed by atoms with Crippen molar-refractivity contribution < 1.29 is 9.53 Å². The van der Waals surface area contributed by atoms with E-state index in [-0.39, 0.29) is 5.91 Å². The van der Waals surface area contributed by atoms with Crippen molar-refractivity contribution in [3.05, 3.63) is 29.6 Å². The predicted molar refractivity (Wildman–Crippen MR) is 77.9 cm³/mol. The summed E-state index contributed by atoms with van der Waals surface area (Å²) < 4.78 is 5.29. The summed E-state index contributed by atoms with van der Waals surface area (Å²) >= 11 is 0. The van der Waals surface area contributed by atoms with Crippen molar-refractivity contribution in [1.82, 2.24) is 15.2 Å². The highest BCUT2D eigenvalue weighted by Gasteiger charge is 2.11. The van der Waals surface area contributed by atoms with E-state index in [1.807, 2.05) is 12.3 Å². The molecule has 5 nitrogen and oxygen atoms in total. The summed E-state index contributed by atoms with van der Waals surface area (Å²) in [6.07, 6.45) is 3.44. The van der Waals surface area contributed by atoms with Gasteiger partial charge < -0.3 is 10.1 Å². The highest BCUT2D eigenvalue weighted by Crippen LogP contribution is 2.13. The number of nitrogens with zero attached hydrogens (tertiary/aromatic N) is 2. The van der Waals surface area contributed by atoms with Crippen LogP contribution in [0.1, 0.15) is 35.7 Å². The Kier molecular flexibility index (Phi) is 5.49. The van der Waals surface area contributed by atoms with E-state index in [1.165, 1.54) is 0 Å². The molecule has 0 unspecified atom stereocenters. The fourth-order valence-corrected chi connectivity index (χ4v) is 2.15. The lowest BCUT2D eigenvalue weighted by Crippen LogP contribution is -2.41. The van der Waals surface area contributed by atoms with Gasteiger partial charge in [0.1, 0.15) is 0 Å². The molecule has 20 heavy (non-hydrogen) atoms. The average molecular weight is 277 g/mol. The van der Waals surface area contributed by atoms with Crippen LogP contribution in [0, 0.1) is 0 Å². The summed E-state index contributed by atoms with van der Waals surface area (Å²) in [6.45, 7) is 9.18. The number of ether oxygens (including phenoxy) is 1. The second kappa shape index (κ2) is 7.36. The number of pyridine rings is 1. The van der Waals surface area contributed by atoms with E-state index in [4.69, 9.17) is 4.74 Å². The van der Waals surface area contributed by atoms with Crippen LogP contribution in [0.3, 0.4) is 0 Å². The quantitative estimate of drug-likeness (QED) is 0.880. The minimum Gasteiger partial charge on any atom is -0.379 e. The molecule has 1 N–H and O–H groups in total. The molecule has 0 saturated carbocycles. The number of amides is 1. The third-order valence-electron chi connectivity index (χ3n) is 3.51. The highest BCUT2D eigenvalue weighted by atomic mass is 16.5. The molecule has 2 rings (SSSR count). The topological polar surface area (TPSA) is 54.5 Å². The number of carbonyl (C=O) groups is 1. The first kappa shape index (κ1) is 14.9. The summed E-state index contributed by atoms with van der Waals surface area (Å²) in [6, 6.07) is 1.92. The van der Waals surface area contributed by atoms with Crippen LogP contribution in [-0.2, 0) is 4.74 Å². The second-order valence-corrected chi connectivity index (χ2v) is 5.37. The number of hydrogen-bond donors (Lipinski definition) is 1. The minimum atomic E-state index is -0.0479. The summed E-state index contributed by atoms with van der Waals surface area (Å²) in [4.78, 5) is 18.5. The van der Waals surface area contributed by atoms with E-state index in [0.29, 0.717) is 18.0 Å². The summed E-state index contributed by atoms with van der Waals surface area (Å²) in [5.41, 5.74) is 1.73. The van der Waals surface area contributed by atoms with Crippen molar-refractivity contribution in [2.45, 2.75) is 19.8 Å². The lowest BCUT2D eigenvalue weighted by Gasteiger charge is -2.26. The Morgan fingerprint density at radius 2 is 2.15 bits per heavy atom. The predicted octanol–water partition coefficient (Wildman–Crippen LogP) is 1.27. The molecule has 1 saturated heterocycles. The van der Waals surface area contributed by atoms with Crippen molar-refractivity contribution in [2.75, 3.05) is 39.4 Å². The minimum absolute atomic E-state index is 0.0479. The fraction of sp³-hybridized carbons (Fsp3) is 0.600. The zero-order chi connectivity index (χ0) is 14.4. The highest BCUT2D eigenvalue weighted by molar-refractivity contribution is 5.94. The Morgan fingerprint density at radius 1 is 1.40 bits per heavy atom. The summed E-state index contributed by atoms with van der Waals surface area (Å²) in [5.74, 6) is 0.330. The van der Waals surface area contributed by atoms with Gasteiger partial charge in [-0.3, -0.25) is 14.7 Å². The van der Waals surface area contributed by atoms with Crippen LogP contribution in [0.2, 0.25) is 0 Å². The standard InChI is InChI=1S/C15H23N3O2/c1-12(2)13-9-14(11-16-10-13)15(19)17-3-4-18-5-7-20-8-6-18/h9-12H,3-8H2,1-2H3,(H,17,19). The van der Waals surface area contributed by atoms with Crippen LogP contribution in [0.25, 0.3) is 0 Å². The van der Waals surface area contributed by atoms with Gasteiger partial charge in [-0.05, 0) is 17.5 Å². The van der Waals surface area contributed by atoms with Gasteiger partial charge in [-0.25, -0.2) is 0 Å². The Hall–Kier alpha value is -1.46. The van der Waals surface area contributed by atoms with E-state index in [1.54, 1.807) is 6.20 Å². The Balaban J connectivity index is 1.80. The summed E-state index contributed by atoms with van der Waals surface area (Å²) in [5, 5.41) is 2.95. The lowest BCUT2D eigenvalue weighted by molar-refractivity contribution is 0.0383. The molecule has 1 aliphatic rings. The molecule has 1 aromatic heterocycles. The normalized spacial score (nSPS) is 16.4. The zero-order valence-corrected chi connectivity index (χ0v) is 12.3. The number of nitrogens with one attached hydrogen (secondary N) is 1. The molecule has 110 valence electrons. The van der Waals surface area contributed by atoms with Crippen molar-refractivity contribution in [2.24, 2.45) is 0 Å². The molecule has 1 amide bonds. The van der Waals surface area contributed by atoms with Crippen molar-refractivity contribution in [3.8, 4) is 0 Å². The second-order valence-electron chi connectivity index (χ2n) is 5.37. The van der Waals surface area contributed by atoms with E-state index in [0.717, 1.165) is 38.4 Å². The molecule has 0 aromatic carbocycles. The molecular weight excluding hydrogens is 254 g/mol. The molecule has 0 bridgehead atoms. The molecule has 1 aromatic rings. The Morgan fingerprint density at radius 3 is 2.85 bits per heavy atom. The van der Waals surface area contributed by atoms with Crippen LogP contribution in [-0.4, -0.2) is 55.2 Å². The molecule has 0 radical (unpaired) electrons. The number of aromatic nitrogens is 1. The van der Waals surface area contributed by atoms with Gasteiger partial charge in [0.2, 0.25) is 0 Å². The van der Waals surface area contributed by atoms with E-state index in [9.17, 15) is 4.79 Å². The molecule has 0 atom stereocenters. The summed E-state index contributed by atoms with van der Waals surface area (Å²) in [7, 11) is 0. The van der Waals surface area contributed by atoms with E-state index in [2.05, 4.69) is 29.0 Å². The van der Waals surface area contributed by atoms with E-state index < -0.39 is 0 Å². The smallest absolute Gasteiger partial charge is 0.252 e. The third-order valence-corrected chi connectivity index (χ3v) is 3.51. The number of carbonyl (C=O) groups excluding carboxylic acids is 1. The van der Waals surface area contributed by atoms with Crippen LogP contribution in [0.5, 0.6) is 0 Å². The van der Waals surface area contributed by atoms with Crippen molar-refractivity contribution in [1.29, 1.82) is 0 Å². The van der Waals surface area contributed by atoms with Gasteiger partial charge in [0, 0.05) is 38.6 Å². The molecule has 1 aliphatic heterocycles. The average Bonchev–Trinajstić information content (AvgIpc) is 2.48. The first-order chi connectivity index (χ1) is 9.66. The number of rotatable bonds is 5. The van der Waals surface area contributed by atoms with Gasteiger partial charge in [-0.15, -0.1) is 0 Å². The van der Waals surface area contributed by atoms with Crippen LogP contribution in [0.15, 0.2) is 18.5 Å². The van der Waals surface area contributed by atoms with Gasteiger partial charge in [0.05, 0.1) is 18.8 Å². The zero-order valence-electron chi connectivity index (χ0n) is 12.3. The number of hydrogen-bond acceptors (Lipinski definition) is 4. The molecule has 0 aliphatic carbocycles. The van der Waals surface area contributed by atoms with Crippen molar-refractivity contribution >= 4 is 5.91 Å². The maximum atomic E-state index is 12.1. The van der Waals surface area contributed by atoms with Crippen LogP contribution >= 0.6 is 0 Å². The molecule has 1 fully saturated rings. The first-order valence-corrected chi connectivity index (χ1v) is 7.20. The molecule has 2 heterocycles. The van der Waals surface area contributed by atoms with Gasteiger partial charge in [-0.1, -0.05) is 13.8 Å². The van der Waals surface area contributed by atoms with E-state index >= 15 is 0 Å². The fourth-order valence-electron chi connectivity index (χ4n) is 2.15. The van der Waals surface area contributed by atoms with Gasteiger partial charge in [0.15, 0.2) is 0 Å². The van der Waals surface area contributed by atoms with Crippen LogP contribution in [0.4, 0.5) is 0 Å². The SMILES string of the molecule is CC(C)c1cncc(C(=O)NCCN2CCOCC2)c1. The van der Waals surface area contributed by atoms with Gasteiger partial charge in [-0.2, -0.15) is 0 Å². The monoisotopic (exact) mass is 277 g/mol. The molecule has 5 heteroatoms. The Bertz CT molecular complexity index is 442. The Labute approximate surface area is 120 Å².